The van der Waals surface area contributed by atoms with Gasteiger partial charge in [-0.3, -0.25) is 14.2 Å². The van der Waals surface area contributed by atoms with Crippen molar-refractivity contribution in [1.29, 1.82) is 0 Å². The van der Waals surface area contributed by atoms with E-state index in [0.717, 1.165) is 0 Å². The minimum absolute atomic E-state index is 0.0565. The van der Waals surface area contributed by atoms with Crippen LogP contribution in [0, 0.1) is 5.92 Å². The number of carbonyl (C=O) groups is 2. The molecule has 0 saturated carbocycles. The third-order valence-electron chi connectivity index (χ3n) is 6.88. The van der Waals surface area contributed by atoms with E-state index in [1.165, 1.54) is 11.6 Å². The van der Waals surface area contributed by atoms with Gasteiger partial charge in [-0.2, -0.15) is 9.97 Å². The number of halogens is 2. The standard InChI is InChI=1S/C25H30F2N8O3/c1-28-21(36)15-29-24(37)16-6-8-33(9-7-16)19-14-20(32-25(31-19)34-10-12-38-13-11-34)35-18-5-3-2-4-17(18)30-23(35)22(26)27/h2-5,14,16,22H,6-13,15H2,1H3,(H,28,36)(H,29,37). The largest absolute Gasteiger partial charge is 0.378 e. The van der Waals surface area contributed by atoms with E-state index in [-0.39, 0.29) is 30.1 Å². The summed E-state index contributed by atoms with van der Waals surface area (Å²) in [5, 5.41) is 5.16. The first kappa shape index (κ1) is 25.8. The van der Waals surface area contributed by atoms with Crippen LogP contribution >= 0.6 is 0 Å². The first-order chi connectivity index (χ1) is 18.4. The van der Waals surface area contributed by atoms with Crippen LogP contribution in [0.4, 0.5) is 20.5 Å². The highest BCUT2D eigenvalue weighted by Crippen LogP contribution is 2.31. The van der Waals surface area contributed by atoms with Crippen LogP contribution in [-0.4, -0.2) is 84.3 Å². The Bertz CT molecular complexity index is 1300. The molecule has 202 valence electrons. The first-order valence-corrected chi connectivity index (χ1v) is 12.7. The molecule has 2 N–H and O–H groups in total. The van der Waals surface area contributed by atoms with E-state index in [1.54, 1.807) is 30.3 Å². The number of benzene rings is 1. The fourth-order valence-corrected chi connectivity index (χ4v) is 4.79. The van der Waals surface area contributed by atoms with Crippen LogP contribution in [-0.2, 0) is 14.3 Å². The van der Waals surface area contributed by atoms with Gasteiger partial charge >= 0.3 is 0 Å². The molecular weight excluding hydrogens is 498 g/mol. The zero-order valence-electron chi connectivity index (χ0n) is 21.1. The number of hydrogen-bond acceptors (Lipinski definition) is 8. The van der Waals surface area contributed by atoms with E-state index in [0.29, 0.717) is 80.9 Å². The van der Waals surface area contributed by atoms with Gasteiger partial charge in [0.05, 0.1) is 30.8 Å². The van der Waals surface area contributed by atoms with Crippen molar-refractivity contribution in [1.82, 2.24) is 30.2 Å². The molecule has 2 aliphatic heterocycles. The number of hydrogen-bond donors (Lipinski definition) is 2. The van der Waals surface area contributed by atoms with Gasteiger partial charge in [-0.1, -0.05) is 12.1 Å². The SMILES string of the molecule is CNC(=O)CNC(=O)C1CCN(c2cc(-n3c(C(F)F)nc4ccccc43)nc(N3CCOCC3)n2)CC1. The summed E-state index contributed by atoms with van der Waals surface area (Å²) < 4.78 is 35.0. The Morgan fingerprint density at radius 1 is 1.03 bits per heavy atom. The lowest BCUT2D eigenvalue weighted by molar-refractivity contribution is -0.128. The molecule has 2 aliphatic rings. The van der Waals surface area contributed by atoms with Gasteiger partial charge in [-0.05, 0) is 25.0 Å². The van der Waals surface area contributed by atoms with Crippen molar-refractivity contribution in [3.05, 3.63) is 36.2 Å². The third-order valence-corrected chi connectivity index (χ3v) is 6.88. The second kappa shape index (κ2) is 11.3. The van der Waals surface area contributed by atoms with E-state index in [4.69, 9.17) is 14.7 Å². The molecule has 11 nitrogen and oxygen atoms in total. The Labute approximate surface area is 218 Å². The number of anilines is 2. The Morgan fingerprint density at radius 3 is 2.45 bits per heavy atom. The van der Waals surface area contributed by atoms with Gasteiger partial charge < -0.3 is 25.2 Å². The smallest absolute Gasteiger partial charge is 0.296 e. The molecule has 2 amide bonds. The summed E-state index contributed by atoms with van der Waals surface area (Å²) in [5.74, 6) is 0.329. The van der Waals surface area contributed by atoms with E-state index >= 15 is 0 Å². The summed E-state index contributed by atoms with van der Waals surface area (Å²) in [5.41, 5.74) is 0.992. The van der Waals surface area contributed by atoms with Crippen molar-refractivity contribution < 1.29 is 23.1 Å². The van der Waals surface area contributed by atoms with Crippen molar-refractivity contribution in [2.24, 2.45) is 5.92 Å². The highest BCUT2D eigenvalue weighted by Gasteiger charge is 2.28. The van der Waals surface area contributed by atoms with Crippen LogP contribution in [0.3, 0.4) is 0 Å². The van der Waals surface area contributed by atoms with Crippen molar-refractivity contribution in [2.75, 3.05) is 62.8 Å². The zero-order valence-corrected chi connectivity index (χ0v) is 21.1. The predicted molar refractivity (Wildman–Crippen MR) is 137 cm³/mol. The highest BCUT2D eigenvalue weighted by molar-refractivity contribution is 5.85. The summed E-state index contributed by atoms with van der Waals surface area (Å²) >= 11 is 0. The summed E-state index contributed by atoms with van der Waals surface area (Å²) in [6.45, 7) is 3.25. The van der Waals surface area contributed by atoms with Crippen molar-refractivity contribution in [3.63, 3.8) is 0 Å². The Morgan fingerprint density at radius 2 is 1.74 bits per heavy atom. The molecule has 13 heteroatoms. The maximum atomic E-state index is 14.1. The number of para-hydroxylation sites is 2. The van der Waals surface area contributed by atoms with Gasteiger partial charge in [0.1, 0.15) is 11.6 Å². The van der Waals surface area contributed by atoms with E-state index in [1.807, 2.05) is 9.80 Å². The number of carbonyl (C=O) groups excluding carboxylic acids is 2. The number of morpholine rings is 1. The predicted octanol–water partition coefficient (Wildman–Crippen LogP) is 1.67. The fourth-order valence-electron chi connectivity index (χ4n) is 4.79. The summed E-state index contributed by atoms with van der Waals surface area (Å²) in [6.07, 6.45) is -1.65. The fraction of sp³-hybridized carbons (Fsp3) is 0.480. The highest BCUT2D eigenvalue weighted by atomic mass is 19.3. The number of fused-ring (bicyclic) bond motifs is 1. The molecule has 0 radical (unpaired) electrons. The Kier molecular flexibility index (Phi) is 7.63. The Hall–Kier alpha value is -3.87. The number of likely N-dealkylation sites (N-methyl/N-ethyl adjacent to an activating group) is 1. The van der Waals surface area contributed by atoms with Gasteiger partial charge in [0.2, 0.25) is 17.8 Å². The topological polar surface area (TPSA) is 118 Å². The number of rotatable bonds is 7. The second-order valence-corrected chi connectivity index (χ2v) is 9.23. The molecule has 3 aromatic rings. The van der Waals surface area contributed by atoms with Crippen LogP contribution in [0.1, 0.15) is 25.1 Å². The van der Waals surface area contributed by atoms with Crippen molar-refractivity contribution in [2.45, 2.75) is 19.3 Å². The number of ether oxygens (including phenoxy) is 1. The number of nitrogens with one attached hydrogen (secondary N) is 2. The van der Waals surface area contributed by atoms with Crippen molar-refractivity contribution in [3.8, 4) is 5.82 Å². The molecule has 2 fully saturated rings. The number of aromatic nitrogens is 4. The molecule has 2 saturated heterocycles. The number of imidazole rings is 1. The Balaban J connectivity index is 1.45. The third kappa shape index (κ3) is 5.37. The zero-order chi connectivity index (χ0) is 26.6. The lowest BCUT2D eigenvalue weighted by Gasteiger charge is -2.33. The van der Waals surface area contributed by atoms with Gasteiger partial charge in [-0.15, -0.1) is 0 Å². The van der Waals surface area contributed by atoms with Crippen LogP contribution in [0.25, 0.3) is 16.9 Å². The van der Waals surface area contributed by atoms with Gasteiger partial charge in [0.25, 0.3) is 6.43 Å². The van der Waals surface area contributed by atoms with Gasteiger partial charge in [0.15, 0.2) is 5.82 Å². The molecule has 2 aromatic heterocycles. The lowest BCUT2D eigenvalue weighted by atomic mass is 9.96. The van der Waals surface area contributed by atoms with E-state index in [2.05, 4.69) is 15.6 Å². The second-order valence-electron chi connectivity index (χ2n) is 9.23. The van der Waals surface area contributed by atoms with Gasteiger partial charge in [0, 0.05) is 45.2 Å². The van der Waals surface area contributed by atoms with Crippen LogP contribution < -0.4 is 20.4 Å². The average Bonchev–Trinajstić information content (AvgIpc) is 3.36. The monoisotopic (exact) mass is 528 g/mol. The summed E-state index contributed by atoms with van der Waals surface area (Å²) in [6, 6.07) is 8.68. The number of alkyl halides is 2. The number of piperidine rings is 1. The first-order valence-electron chi connectivity index (χ1n) is 12.7. The maximum Gasteiger partial charge on any atom is 0.296 e. The molecule has 38 heavy (non-hydrogen) atoms. The molecule has 0 aliphatic carbocycles. The molecule has 0 unspecified atom stereocenters. The van der Waals surface area contributed by atoms with Gasteiger partial charge in [-0.25, -0.2) is 13.8 Å². The summed E-state index contributed by atoms with van der Waals surface area (Å²) in [4.78, 5) is 41.7. The molecular formula is C25H30F2N8O3. The van der Waals surface area contributed by atoms with Crippen LogP contribution in [0.5, 0.6) is 0 Å². The molecule has 0 spiro atoms. The maximum absolute atomic E-state index is 14.1. The molecule has 0 atom stereocenters. The van der Waals surface area contributed by atoms with E-state index < -0.39 is 6.43 Å². The number of amides is 2. The molecule has 1 aromatic carbocycles. The minimum Gasteiger partial charge on any atom is -0.378 e. The average molecular weight is 529 g/mol. The number of nitrogens with zero attached hydrogens (tertiary/aromatic N) is 6. The normalized spacial score (nSPS) is 16.7. The molecule has 4 heterocycles. The molecule has 0 bridgehead atoms. The molecule has 5 rings (SSSR count). The minimum atomic E-state index is -2.79. The van der Waals surface area contributed by atoms with Crippen LogP contribution in [0.2, 0.25) is 0 Å². The quantitative estimate of drug-likeness (QED) is 0.476. The lowest BCUT2D eigenvalue weighted by Crippen LogP contribution is -2.43. The van der Waals surface area contributed by atoms with Crippen molar-refractivity contribution >= 4 is 34.6 Å². The van der Waals surface area contributed by atoms with Crippen LogP contribution in [0.15, 0.2) is 30.3 Å². The van der Waals surface area contributed by atoms with E-state index in [9.17, 15) is 18.4 Å². The summed E-state index contributed by atoms with van der Waals surface area (Å²) in [7, 11) is 1.52.